The maximum absolute atomic E-state index is 13.4. The Labute approximate surface area is 225 Å². The van der Waals surface area contributed by atoms with E-state index in [2.05, 4.69) is 0 Å². The van der Waals surface area contributed by atoms with Crippen LogP contribution in [-0.4, -0.2) is 10.2 Å². The molecule has 1 aliphatic rings. The first-order valence-corrected chi connectivity index (χ1v) is 12.7. The molecule has 0 atom stereocenters. The van der Waals surface area contributed by atoms with Gasteiger partial charge in [0, 0.05) is 10.6 Å². The Morgan fingerprint density at radius 2 is 1.73 bits per heavy atom. The topological polar surface area (TPSA) is 29.5 Å². The molecule has 1 saturated heterocycles. The molecule has 4 aromatic rings. The van der Waals surface area contributed by atoms with Crippen molar-refractivity contribution in [3.63, 3.8) is 0 Å². The Morgan fingerprint density at radius 1 is 0.973 bits per heavy atom. The fourth-order valence-corrected chi connectivity index (χ4v) is 5.34. The fourth-order valence-electron chi connectivity index (χ4n) is 3.93. The van der Waals surface area contributed by atoms with Gasteiger partial charge in [-0.2, -0.15) is 13.2 Å². The molecule has 5 rings (SSSR count). The summed E-state index contributed by atoms with van der Waals surface area (Å²) >= 11 is 12.4. The average molecular weight is 556 g/mol. The highest BCUT2D eigenvalue weighted by Crippen LogP contribution is 2.40. The van der Waals surface area contributed by atoms with Crippen molar-refractivity contribution >= 4 is 68.3 Å². The number of nitrogens with zero attached hydrogens (tertiary/aromatic N) is 1. The van der Waals surface area contributed by atoms with Crippen LogP contribution in [0.1, 0.15) is 16.7 Å². The number of halogens is 4. The van der Waals surface area contributed by atoms with E-state index in [4.69, 9.17) is 28.6 Å². The second-order valence-corrected chi connectivity index (χ2v) is 10.3. The Morgan fingerprint density at radius 3 is 2.49 bits per heavy atom. The van der Waals surface area contributed by atoms with E-state index in [9.17, 15) is 18.0 Å². The second kappa shape index (κ2) is 10.2. The molecule has 186 valence electrons. The number of benzene rings is 4. The predicted octanol–water partition coefficient (Wildman–Crippen LogP) is 8.50. The predicted molar refractivity (Wildman–Crippen MR) is 147 cm³/mol. The van der Waals surface area contributed by atoms with Crippen LogP contribution in [0.4, 0.5) is 18.9 Å². The first-order valence-electron chi connectivity index (χ1n) is 11.0. The normalized spacial score (nSPS) is 15.1. The minimum atomic E-state index is -4.54. The third-order valence-corrected chi connectivity index (χ3v) is 7.29. The minimum Gasteiger partial charge on any atom is -0.488 e. The van der Waals surface area contributed by atoms with Crippen LogP contribution >= 0.6 is 35.6 Å². The summed E-state index contributed by atoms with van der Waals surface area (Å²) in [6, 6.07) is 23.3. The minimum absolute atomic E-state index is 0.0675. The van der Waals surface area contributed by atoms with E-state index in [0.717, 1.165) is 45.1 Å². The quantitative estimate of drug-likeness (QED) is 0.182. The number of hydrogen-bond donors (Lipinski definition) is 0. The molecular weight excluding hydrogens is 539 g/mol. The van der Waals surface area contributed by atoms with Crippen LogP contribution in [0.2, 0.25) is 5.02 Å². The maximum Gasteiger partial charge on any atom is 0.416 e. The lowest BCUT2D eigenvalue weighted by molar-refractivity contribution is -0.137. The summed E-state index contributed by atoms with van der Waals surface area (Å²) < 4.78 is 46.0. The smallest absolute Gasteiger partial charge is 0.416 e. The standard InChI is InChI=1S/C28H17ClF3NO2S2/c29-20-11-8-17(9-12-20)16-35-24-13-10-18-4-1-2-7-22(18)23(24)15-25-26(34)33(27(36)37-25)21-6-3-5-19(14-21)28(30,31)32/h1-15H,16H2/b25-15-. The van der Waals surface area contributed by atoms with E-state index in [1.54, 1.807) is 18.2 Å². The van der Waals surface area contributed by atoms with Gasteiger partial charge in [0.2, 0.25) is 0 Å². The number of carbonyl (C=O) groups is 1. The highest BCUT2D eigenvalue weighted by molar-refractivity contribution is 8.27. The number of rotatable bonds is 5. The SMILES string of the molecule is O=C1/C(=C/c2c(OCc3ccc(Cl)cc3)ccc3ccccc23)SC(=S)N1c1cccc(C(F)(F)F)c1. The molecule has 4 aromatic carbocycles. The molecule has 3 nitrogen and oxygen atoms in total. The van der Waals surface area contributed by atoms with Gasteiger partial charge in [0.15, 0.2) is 4.32 Å². The lowest BCUT2D eigenvalue weighted by Gasteiger charge is -2.16. The summed E-state index contributed by atoms with van der Waals surface area (Å²) in [6.07, 6.45) is -2.85. The molecule has 1 heterocycles. The van der Waals surface area contributed by atoms with Crippen molar-refractivity contribution in [1.82, 2.24) is 0 Å². The van der Waals surface area contributed by atoms with E-state index in [0.29, 0.717) is 16.3 Å². The molecule has 0 saturated carbocycles. The van der Waals surface area contributed by atoms with E-state index in [1.165, 1.54) is 12.1 Å². The molecule has 0 N–H and O–H groups in total. The van der Waals surface area contributed by atoms with Crippen LogP contribution in [0.15, 0.2) is 89.8 Å². The summed E-state index contributed by atoms with van der Waals surface area (Å²) in [5.74, 6) is 0.0592. The number of fused-ring (bicyclic) bond motifs is 1. The summed E-state index contributed by atoms with van der Waals surface area (Å²) in [5.41, 5.74) is 0.809. The zero-order valence-corrected chi connectivity index (χ0v) is 21.3. The van der Waals surface area contributed by atoms with Gasteiger partial charge < -0.3 is 4.74 Å². The van der Waals surface area contributed by atoms with E-state index >= 15 is 0 Å². The van der Waals surface area contributed by atoms with Gasteiger partial charge in [-0.15, -0.1) is 0 Å². The summed E-state index contributed by atoms with van der Waals surface area (Å²) in [7, 11) is 0. The van der Waals surface area contributed by atoms with Crippen LogP contribution < -0.4 is 9.64 Å². The third kappa shape index (κ3) is 5.37. The Hall–Kier alpha value is -3.33. The molecule has 0 unspecified atom stereocenters. The van der Waals surface area contributed by atoms with Crippen molar-refractivity contribution < 1.29 is 22.7 Å². The van der Waals surface area contributed by atoms with Crippen LogP contribution in [0.3, 0.4) is 0 Å². The molecule has 37 heavy (non-hydrogen) atoms. The molecular formula is C28H17ClF3NO2S2. The number of anilines is 1. The molecule has 1 fully saturated rings. The molecule has 0 bridgehead atoms. The van der Waals surface area contributed by atoms with E-state index < -0.39 is 17.6 Å². The van der Waals surface area contributed by atoms with Gasteiger partial charge in [0.1, 0.15) is 12.4 Å². The van der Waals surface area contributed by atoms with E-state index in [1.807, 2.05) is 48.5 Å². The monoisotopic (exact) mass is 555 g/mol. The first-order chi connectivity index (χ1) is 17.7. The lowest BCUT2D eigenvalue weighted by atomic mass is 10.0. The van der Waals surface area contributed by atoms with Crippen molar-refractivity contribution in [3.8, 4) is 5.75 Å². The maximum atomic E-state index is 13.4. The number of thiocarbonyl (C=S) groups is 1. The molecule has 0 aromatic heterocycles. The van der Waals surface area contributed by atoms with Crippen LogP contribution in [0, 0.1) is 0 Å². The summed E-state index contributed by atoms with van der Waals surface area (Å²) in [6.45, 7) is 0.279. The van der Waals surface area contributed by atoms with Gasteiger partial charge in [0.05, 0.1) is 16.2 Å². The Bertz CT molecular complexity index is 1550. The van der Waals surface area contributed by atoms with Crippen LogP contribution in [-0.2, 0) is 17.6 Å². The number of hydrogen-bond acceptors (Lipinski definition) is 4. The van der Waals surface area contributed by atoms with Gasteiger partial charge in [-0.25, -0.2) is 0 Å². The average Bonchev–Trinajstić information content (AvgIpc) is 3.16. The number of ether oxygens (including phenoxy) is 1. The van der Waals surface area contributed by atoms with Crippen molar-refractivity contribution in [2.24, 2.45) is 0 Å². The Balaban J connectivity index is 1.52. The van der Waals surface area contributed by atoms with Crippen molar-refractivity contribution in [1.29, 1.82) is 0 Å². The van der Waals surface area contributed by atoms with Gasteiger partial charge in [-0.1, -0.05) is 84.1 Å². The largest absolute Gasteiger partial charge is 0.488 e. The number of amides is 1. The highest BCUT2D eigenvalue weighted by Gasteiger charge is 2.36. The number of alkyl halides is 3. The van der Waals surface area contributed by atoms with E-state index in [-0.39, 0.29) is 21.5 Å². The molecule has 0 aliphatic carbocycles. The number of thioether (sulfide) groups is 1. The van der Waals surface area contributed by atoms with Crippen LogP contribution in [0.5, 0.6) is 5.75 Å². The molecule has 1 amide bonds. The molecule has 0 spiro atoms. The lowest BCUT2D eigenvalue weighted by Crippen LogP contribution is -2.27. The van der Waals surface area contributed by atoms with Crippen LogP contribution in [0.25, 0.3) is 16.8 Å². The van der Waals surface area contributed by atoms with Gasteiger partial charge in [-0.3, -0.25) is 9.69 Å². The summed E-state index contributed by atoms with van der Waals surface area (Å²) in [5, 5.41) is 2.43. The van der Waals surface area contributed by atoms with Crippen molar-refractivity contribution in [3.05, 3.63) is 112 Å². The number of carbonyl (C=O) groups excluding carboxylic acids is 1. The zero-order chi connectivity index (χ0) is 26.2. The first kappa shape index (κ1) is 25.3. The Kier molecular flexibility index (Phi) is 6.98. The fraction of sp³-hybridized carbons (Fsp3) is 0.0714. The third-order valence-electron chi connectivity index (χ3n) is 5.74. The van der Waals surface area contributed by atoms with Gasteiger partial charge in [0.25, 0.3) is 5.91 Å². The molecule has 9 heteroatoms. The second-order valence-electron chi connectivity index (χ2n) is 8.18. The molecule has 0 radical (unpaired) electrons. The zero-order valence-electron chi connectivity index (χ0n) is 19.0. The van der Waals surface area contributed by atoms with Gasteiger partial charge >= 0.3 is 6.18 Å². The highest BCUT2D eigenvalue weighted by atomic mass is 35.5. The van der Waals surface area contributed by atoms with Crippen molar-refractivity contribution in [2.75, 3.05) is 4.90 Å². The summed E-state index contributed by atoms with van der Waals surface area (Å²) in [4.78, 5) is 14.8. The van der Waals surface area contributed by atoms with Crippen molar-refractivity contribution in [2.45, 2.75) is 12.8 Å². The molecule has 1 aliphatic heterocycles. The van der Waals surface area contributed by atoms with Gasteiger partial charge in [-0.05, 0) is 58.8 Å².